The van der Waals surface area contributed by atoms with Crippen molar-refractivity contribution in [3.05, 3.63) is 53.4 Å². The molecule has 0 unspecified atom stereocenters. The lowest BCUT2D eigenvalue weighted by molar-refractivity contribution is 0.205. The molecule has 1 heterocycles. The van der Waals surface area contributed by atoms with E-state index in [9.17, 15) is 0 Å². The van der Waals surface area contributed by atoms with Gasteiger partial charge in [0.15, 0.2) is 0 Å². The van der Waals surface area contributed by atoms with E-state index < -0.39 is 0 Å². The van der Waals surface area contributed by atoms with Crippen LogP contribution < -0.4 is 4.90 Å². The van der Waals surface area contributed by atoms with E-state index in [1.807, 2.05) is 24.3 Å². The third-order valence-corrected chi connectivity index (χ3v) is 2.90. The molecule has 1 aromatic heterocycles. The summed E-state index contributed by atoms with van der Waals surface area (Å²) < 4.78 is 5.14. The van der Waals surface area contributed by atoms with E-state index in [1.54, 1.807) is 13.3 Å². The first-order valence-corrected chi connectivity index (χ1v) is 6.44. The fourth-order valence-electron chi connectivity index (χ4n) is 1.78. The highest BCUT2D eigenvalue weighted by Gasteiger charge is 2.09. The van der Waals surface area contributed by atoms with Gasteiger partial charge in [-0.1, -0.05) is 30.3 Å². The van der Waals surface area contributed by atoms with Crippen LogP contribution in [0.1, 0.15) is 5.56 Å². The monoisotopic (exact) mass is 277 g/mol. The molecule has 0 amide bonds. The Labute approximate surface area is 118 Å². The van der Waals surface area contributed by atoms with Gasteiger partial charge in [0.2, 0.25) is 5.28 Å². The molecule has 0 atom stereocenters. The second kappa shape index (κ2) is 7.07. The zero-order chi connectivity index (χ0) is 13.5. The van der Waals surface area contributed by atoms with E-state index in [0.29, 0.717) is 6.61 Å². The molecule has 0 radical (unpaired) electrons. The molecule has 2 aromatic rings. The summed E-state index contributed by atoms with van der Waals surface area (Å²) in [5, 5.41) is 0.257. The summed E-state index contributed by atoms with van der Waals surface area (Å²) in [6, 6.07) is 12.1. The zero-order valence-electron chi connectivity index (χ0n) is 10.8. The summed E-state index contributed by atoms with van der Waals surface area (Å²) in [5.74, 6) is 0.806. The number of hydrogen-bond donors (Lipinski definition) is 0. The summed E-state index contributed by atoms with van der Waals surface area (Å²) in [5.41, 5.74) is 1.22. The van der Waals surface area contributed by atoms with Crippen LogP contribution in [0.15, 0.2) is 42.6 Å². The molecular formula is C14H16ClN3O. The van der Waals surface area contributed by atoms with Gasteiger partial charge in [0.25, 0.3) is 0 Å². The van der Waals surface area contributed by atoms with Crippen LogP contribution in [0.3, 0.4) is 0 Å². The van der Waals surface area contributed by atoms with E-state index in [2.05, 4.69) is 27.0 Å². The average molecular weight is 278 g/mol. The standard InChI is InChI=1S/C14H16ClN3O/c1-19-10-9-18(11-12-5-3-2-4-6-12)13-7-8-16-14(15)17-13/h2-8H,9-11H2,1H3. The predicted octanol–water partition coefficient (Wildman–Crippen LogP) is 2.78. The smallest absolute Gasteiger partial charge is 0.224 e. The number of aromatic nitrogens is 2. The van der Waals surface area contributed by atoms with Crippen molar-refractivity contribution in [2.45, 2.75) is 6.54 Å². The summed E-state index contributed by atoms with van der Waals surface area (Å²) >= 11 is 5.85. The molecular weight excluding hydrogens is 262 g/mol. The first-order chi connectivity index (χ1) is 9.29. The molecule has 5 heteroatoms. The van der Waals surface area contributed by atoms with Crippen molar-refractivity contribution in [1.82, 2.24) is 9.97 Å². The van der Waals surface area contributed by atoms with Crippen LogP contribution >= 0.6 is 11.6 Å². The average Bonchev–Trinajstić information content (AvgIpc) is 2.44. The third kappa shape index (κ3) is 4.19. The van der Waals surface area contributed by atoms with Crippen LogP contribution in [0, 0.1) is 0 Å². The maximum Gasteiger partial charge on any atom is 0.224 e. The highest BCUT2D eigenvalue weighted by Crippen LogP contribution is 2.15. The largest absolute Gasteiger partial charge is 0.383 e. The van der Waals surface area contributed by atoms with Crippen LogP contribution in [-0.2, 0) is 11.3 Å². The first-order valence-electron chi connectivity index (χ1n) is 6.06. The van der Waals surface area contributed by atoms with E-state index in [1.165, 1.54) is 5.56 Å². The lowest BCUT2D eigenvalue weighted by Crippen LogP contribution is -2.27. The molecule has 0 spiro atoms. The minimum Gasteiger partial charge on any atom is -0.383 e. The fourth-order valence-corrected chi connectivity index (χ4v) is 1.93. The van der Waals surface area contributed by atoms with Gasteiger partial charge in [-0.2, -0.15) is 0 Å². The Morgan fingerprint density at radius 1 is 1.21 bits per heavy atom. The molecule has 100 valence electrons. The van der Waals surface area contributed by atoms with Crippen LogP contribution in [0.5, 0.6) is 0 Å². The Bertz CT molecular complexity index is 507. The first kappa shape index (κ1) is 13.8. The van der Waals surface area contributed by atoms with Crippen LogP contribution in [0.4, 0.5) is 5.82 Å². The number of halogens is 1. The lowest BCUT2D eigenvalue weighted by atomic mass is 10.2. The Morgan fingerprint density at radius 3 is 2.68 bits per heavy atom. The van der Waals surface area contributed by atoms with Gasteiger partial charge in [-0.25, -0.2) is 9.97 Å². The highest BCUT2D eigenvalue weighted by molar-refractivity contribution is 6.28. The number of nitrogens with zero attached hydrogens (tertiary/aromatic N) is 3. The summed E-state index contributed by atoms with van der Waals surface area (Å²) in [6.07, 6.45) is 1.66. The maximum atomic E-state index is 5.85. The van der Waals surface area contributed by atoms with E-state index >= 15 is 0 Å². The summed E-state index contributed by atoms with van der Waals surface area (Å²) in [7, 11) is 1.69. The van der Waals surface area contributed by atoms with Gasteiger partial charge in [0.1, 0.15) is 5.82 Å². The Balaban J connectivity index is 2.16. The van der Waals surface area contributed by atoms with Crippen molar-refractivity contribution >= 4 is 17.4 Å². The van der Waals surface area contributed by atoms with Crippen LogP contribution in [-0.4, -0.2) is 30.2 Å². The molecule has 0 aliphatic heterocycles. The Kier molecular flexibility index (Phi) is 5.12. The Hall–Kier alpha value is -1.65. The number of methoxy groups -OCH3 is 1. The second-order valence-corrected chi connectivity index (χ2v) is 4.42. The molecule has 0 bridgehead atoms. The molecule has 0 fully saturated rings. The normalized spacial score (nSPS) is 10.4. The predicted molar refractivity (Wildman–Crippen MR) is 76.4 cm³/mol. The van der Waals surface area contributed by atoms with Gasteiger partial charge in [0.05, 0.1) is 6.61 Å². The highest BCUT2D eigenvalue weighted by atomic mass is 35.5. The van der Waals surface area contributed by atoms with Crippen molar-refractivity contribution in [2.24, 2.45) is 0 Å². The van der Waals surface area contributed by atoms with Gasteiger partial charge in [-0.3, -0.25) is 0 Å². The number of ether oxygens (including phenoxy) is 1. The van der Waals surface area contributed by atoms with E-state index in [0.717, 1.165) is 18.9 Å². The number of hydrogen-bond acceptors (Lipinski definition) is 4. The molecule has 0 aliphatic rings. The van der Waals surface area contributed by atoms with Crippen LogP contribution in [0.2, 0.25) is 5.28 Å². The fraction of sp³-hybridized carbons (Fsp3) is 0.286. The van der Waals surface area contributed by atoms with Crippen molar-refractivity contribution in [3.63, 3.8) is 0 Å². The van der Waals surface area contributed by atoms with E-state index in [-0.39, 0.29) is 5.28 Å². The number of anilines is 1. The second-order valence-electron chi connectivity index (χ2n) is 4.08. The Morgan fingerprint density at radius 2 is 2.00 bits per heavy atom. The minimum absolute atomic E-state index is 0.257. The molecule has 19 heavy (non-hydrogen) atoms. The molecule has 4 nitrogen and oxygen atoms in total. The summed E-state index contributed by atoms with van der Waals surface area (Å²) in [6.45, 7) is 2.14. The van der Waals surface area contributed by atoms with Gasteiger partial charge in [-0.05, 0) is 23.2 Å². The van der Waals surface area contributed by atoms with Crippen molar-refractivity contribution < 1.29 is 4.74 Å². The number of benzene rings is 1. The van der Waals surface area contributed by atoms with Gasteiger partial charge in [-0.15, -0.1) is 0 Å². The maximum absolute atomic E-state index is 5.85. The van der Waals surface area contributed by atoms with Gasteiger partial charge >= 0.3 is 0 Å². The van der Waals surface area contributed by atoms with Crippen molar-refractivity contribution in [1.29, 1.82) is 0 Å². The molecule has 0 saturated heterocycles. The number of rotatable bonds is 6. The molecule has 0 N–H and O–H groups in total. The molecule has 0 saturated carbocycles. The summed E-state index contributed by atoms with van der Waals surface area (Å²) in [4.78, 5) is 10.3. The van der Waals surface area contributed by atoms with E-state index in [4.69, 9.17) is 16.3 Å². The minimum atomic E-state index is 0.257. The lowest BCUT2D eigenvalue weighted by Gasteiger charge is -2.23. The molecule has 2 rings (SSSR count). The van der Waals surface area contributed by atoms with Gasteiger partial charge in [0, 0.05) is 26.4 Å². The molecule has 1 aromatic carbocycles. The van der Waals surface area contributed by atoms with Crippen molar-refractivity contribution in [3.8, 4) is 0 Å². The SMILES string of the molecule is COCCN(Cc1ccccc1)c1ccnc(Cl)n1. The van der Waals surface area contributed by atoms with Crippen molar-refractivity contribution in [2.75, 3.05) is 25.2 Å². The topological polar surface area (TPSA) is 38.2 Å². The quantitative estimate of drug-likeness (QED) is 0.761. The molecule has 0 aliphatic carbocycles. The third-order valence-electron chi connectivity index (χ3n) is 2.72. The van der Waals surface area contributed by atoms with Gasteiger partial charge < -0.3 is 9.64 Å². The zero-order valence-corrected chi connectivity index (χ0v) is 11.5. The van der Waals surface area contributed by atoms with Crippen LogP contribution in [0.25, 0.3) is 0 Å².